The minimum Gasteiger partial charge on any atom is -0.371 e. The van der Waals surface area contributed by atoms with Crippen LogP contribution in [0.1, 0.15) is 24.0 Å². The molecule has 0 aliphatic carbocycles. The van der Waals surface area contributed by atoms with Gasteiger partial charge in [-0.15, -0.1) is 0 Å². The van der Waals surface area contributed by atoms with E-state index in [9.17, 15) is 18.0 Å². The van der Waals surface area contributed by atoms with E-state index in [1.54, 1.807) is 0 Å². The Morgan fingerprint density at radius 1 is 1.00 bits per heavy atom. The zero-order chi connectivity index (χ0) is 18.6. The van der Waals surface area contributed by atoms with Crippen molar-refractivity contribution in [1.29, 1.82) is 0 Å². The summed E-state index contributed by atoms with van der Waals surface area (Å²) in [6.07, 6.45) is -2.55. The average molecular weight is 362 g/mol. The molecule has 0 unspecified atom stereocenters. The van der Waals surface area contributed by atoms with Gasteiger partial charge >= 0.3 is 6.18 Å². The minimum atomic E-state index is -4.35. The SMILES string of the molecule is O=C(Cc1ccc(C(F)(F)F)cc1)NC1CCN(c2ccccc2)CC1. The Morgan fingerprint density at radius 2 is 1.62 bits per heavy atom. The van der Waals surface area contributed by atoms with Crippen molar-refractivity contribution in [3.63, 3.8) is 0 Å². The summed E-state index contributed by atoms with van der Waals surface area (Å²) in [4.78, 5) is 14.5. The van der Waals surface area contributed by atoms with Crippen LogP contribution >= 0.6 is 0 Å². The molecule has 2 aromatic carbocycles. The molecule has 0 radical (unpaired) electrons. The van der Waals surface area contributed by atoms with Gasteiger partial charge in [0, 0.05) is 24.8 Å². The summed E-state index contributed by atoms with van der Waals surface area (Å²) in [7, 11) is 0. The lowest BCUT2D eigenvalue weighted by molar-refractivity contribution is -0.137. The summed E-state index contributed by atoms with van der Waals surface area (Å²) >= 11 is 0. The zero-order valence-corrected chi connectivity index (χ0v) is 14.3. The first-order chi connectivity index (χ1) is 12.4. The van der Waals surface area contributed by atoms with Crippen LogP contribution in [0.25, 0.3) is 0 Å². The van der Waals surface area contributed by atoms with Gasteiger partial charge in [0.2, 0.25) is 5.91 Å². The highest BCUT2D eigenvalue weighted by Gasteiger charge is 2.30. The number of hydrogen-bond donors (Lipinski definition) is 1. The van der Waals surface area contributed by atoms with Gasteiger partial charge in [0.1, 0.15) is 0 Å². The predicted molar refractivity (Wildman–Crippen MR) is 95.0 cm³/mol. The molecular weight excluding hydrogens is 341 g/mol. The fourth-order valence-electron chi connectivity index (χ4n) is 3.20. The highest BCUT2D eigenvalue weighted by molar-refractivity contribution is 5.78. The van der Waals surface area contributed by atoms with Crippen LogP contribution in [0.3, 0.4) is 0 Å². The molecule has 0 aromatic heterocycles. The number of alkyl halides is 3. The van der Waals surface area contributed by atoms with Gasteiger partial charge in [-0.05, 0) is 42.7 Å². The fourth-order valence-corrected chi connectivity index (χ4v) is 3.20. The maximum atomic E-state index is 12.6. The second kappa shape index (κ2) is 7.81. The lowest BCUT2D eigenvalue weighted by Crippen LogP contribution is -2.45. The van der Waals surface area contributed by atoms with E-state index in [4.69, 9.17) is 0 Å². The van der Waals surface area contributed by atoms with Crippen molar-refractivity contribution in [1.82, 2.24) is 5.32 Å². The second-order valence-corrected chi connectivity index (χ2v) is 6.54. The lowest BCUT2D eigenvalue weighted by atomic mass is 10.0. The number of benzene rings is 2. The zero-order valence-electron chi connectivity index (χ0n) is 14.3. The van der Waals surface area contributed by atoms with Crippen LogP contribution in [-0.2, 0) is 17.4 Å². The van der Waals surface area contributed by atoms with Crippen LogP contribution in [0.15, 0.2) is 54.6 Å². The van der Waals surface area contributed by atoms with Crippen LogP contribution in [-0.4, -0.2) is 25.0 Å². The first-order valence-corrected chi connectivity index (χ1v) is 8.67. The molecule has 0 atom stereocenters. The van der Waals surface area contributed by atoms with Crippen LogP contribution in [0.4, 0.5) is 18.9 Å². The monoisotopic (exact) mass is 362 g/mol. The molecule has 3 rings (SSSR count). The minimum absolute atomic E-state index is 0.0943. The molecule has 1 aliphatic heterocycles. The topological polar surface area (TPSA) is 32.3 Å². The summed E-state index contributed by atoms with van der Waals surface area (Å²) < 4.78 is 37.7. The van der Waals surface area contributed by atoms with Crippen LogP contribution in [0.2, 0.25) is 0 Å². The van der Waals surface area contributed by atoms with E-state index < -0.39 is 11.7 Å². The van der Waals surface area contributed by atoms with Crippen LogP contribution in [0.5, 0.6) is 0 Å². The van der Waals surface area contributed by atoms with E-state index in [1.165, 1.54) is 17.8 Å². The van der Waals surface area contributed by atoms with Gasteiger partial charge in [-0.2, -0.15) is 13.2 Å². The number of carbonyl (C=O) groups excluding carboxylic acids is 1. The van der Waals surface area contributed by atoms with Crippen molar-refractivity contribution >= 4 is 11.6 Å². The smallest absolute Gasteiger partial charge is 0.371 e. The molecule has 3 nitrogen and oxygen atoms in total. The van der Waals surface area contributed by atoms with Crippen molar-refractivity contribution in [2.45, 2.75) is 31.5 Å². The number of nitrogens with one attached hydrogen (secondary N) is 1. The first kappa shape index (κ1) is 18.3. The molecule has 1 saturated heterocycles. The van der Waals surface area contributed by atoms with Gasteiger partial charge in [-0.1, -0.05) is 30.3 Å². The van der Waals surface area contributed by atoms with Gasteiger partial charge in [-0.25, -0.2) is 0 Å². The number of carbonyl (C=O) groups is 1. The van der Waals surface area contributed by atoms with Crippen molar-refractivity contribution < 1.29 is 18.0 Å². The highest BCUT2D eigenvalue weighted by Crippen LogP contribution is 2.29. The van der Waals surface area contributed by atoms with Crippen molar-refractivity contribution in [3.8, 4) is 0 Å². The Labute approximate surface area is 150 Å². The number of nitrogens with zero attached hydrogens (tertiary/aromatic N) is 1. The Kier molecular flexibility index (Phi) is 5.49. The third kappa shape index (κ3) is 4.77. The van der Waals surface area contributed by atoms with E-state index >= 15 is 0 Å². The van der Waals surface area contributed by atoms with Crippen molar-refractivity contribution in [2.24, 2.45) is 0 Å². The lowest BCUT2D eigenvalue weighted by Gasteiger charge is -2.34. The Balaban J connectivity index is 1.47. The number of para-hydroxylation sites is 1. The number of piperidine rings is 1. The summed E-state index contributed by atoms with van der Waals surface area (Å²) in [6, 6.07) is 15.0. The third-order valence-corrected chi connectivity index (χ3v) is 4.63. The molecule has 0 bridgehead atoms. The summed E-state index contributed by atoms with van der Waals surface area (Å²) in [5.74, 6) is -0.150. The summed E-state index contributed by atoms with van der Waals surface area (Å²) in [5, 5.41) is 3.00. The Morgan fingerprint density at radius 3 is 2.19 bits per heavy atom. The van der Waals surface area contributed by atoms with Crippen LogP contribution < -0.4 is 10.2 Å². The Bertz CT molecular complexity index is 721. The van der Waals surface area contributed by atoms with Gasteiger partial charge in [0.25, 0.3) is 0 Å². The van der Waals surface area contributed by atoms with Crippen LogP contribution in [0, 0.1) is 0 Å². The number of anilines is 1. The molecule has 1 fully saturated rings. The maximum absolute atomic E-state index is 12.6. The normalized spacial score (nSPS) is 15.7. The van der Waals surface area contributed by atoms with Gasteiger partial charge in [-0.3, -0.25) is 4.79 Å². The largest absolute Gasteiger partial charge is 0.416 e. The van der Waals surface area contributed by atoms with Gasteiger partial charge < -0.3 is 10.2 Å². The predicted octanol–water partition coefficient (Wildman–Crippen LogP) is 4.03. The van der Waals surface area contributed by atoms with E-state index in [0.29, 0.717) is 5.56 Å². The molecule has 0 saturated carbocycles. The molecule has 1 N–H and O–H groups in total. The quantitative estimate of drug-likeness (QED) is 0.891. The second-order valence-electron chi connectivity index (χ2n) is 6.54. The Hall–Kier alpha value is -2.50. The third-order valence-electron chi connectivity index (χ3n) is 4.63. The standard InChI is InChI=1S/C20H21F3N2O/c21-20(22,23)16-8-6-15(7-9-16)14-19(26)24-17-10-12-25(13-11-17)18-4-2-1-3-5-18/h1-9,17H,10-14H2,(H,24,26). The van der Waals surface area contributed by atoms with Gasteiger partial charge in [0.15, 0.2) is 0 Å². The van der Waals surface area contributed by atoms with E-state index in [2.05, 4.69) is 22.3 Å². The highest BCUT2D eigenvalue weighted by atomic mass is 19.4. The number of hydrogen-bond acceptors (Lipinski definition) is 2. The molecule has 1 aliphatic rings. The first-order valence-electron chi connectivity index (χ1n) is 8.67. The molecule has 6 heteroatoms. The van der Waals surface area contributed by atoms with Crippen molar-refractivity contribution in [2.75, 3.05) is 18.0 Å². The molecule has 1 amide bonds. The van der Waals surface area contributed by atoms with Gasteiger partial charge in [0.05, 0.1) is 12.0 Å². The van der Waals surface area contributed by atoms with E-state index in [-0.39, 0.29) is 18.4 Å². The molecule has 26 heavy (non-hydrogen) atoms. The molecule has 2 aromatic rings. The summed E-state index contributed by atoms with van der Waals surface area (Å²) in [6.45, 7) is 1.74. The summed E-state index contributed by atoms with van der Waals surface area (Å²) in [5.41, 5.74) is 1.06. The molecular formula is C20H21F3N2O. The van der Waals surface area contributed by atoms with Crippen molar-refractivity contribution in [3.05, 3.63) is 65.7 Å². The maximum Gasteiger partial charge on any atom is 0.416 e. The molecule has 138 valence electrons. The van der Waals surface area contributed by atoms with E-state index in [1.807, 2.05) is 18.2 Å². The number of rotatable bonds is 4. The fraction of sp³-hybridized carbons (Fsp3) is 0.350. The van der Waals surface area contributed by atoms with E-state index in [0.717, 1.165) is 38.1 Å². The average Bonchev–Trinajstić information content (AvgIpc) is 2.63. The number of amides is 1. The molecule has 1 heterocycles. The number of halogens is 3. The molecule has 0 spiro atoms.